The third-order valence-corrected chi connectivity index (χ3v) is 1.07. The Morgan fingerprint density at radius 2 is 1.73 bits per heavy atom. The lowest BCUT2D eigenvalue weighted by atomic mass is 10.2. The normalized spacial score (nSPS) is 7.09. The van der Waals surface area contributed by atoms with Crippen LogP contribution in [0.15, 0.2) is 42.6 Å². The minimum Gasteiger partial charge on any atom is -0.128 e. The lowest BCUT2D eigenvalue weighted by Gasteiger charge is -1.85. The highest BCUT2D eigenvalue weighted by Crippen LogP contribution is 1.98. The maximum atomic E-state index is 3.48. The monoisotopic (exact) mass is 146 g/mol. The van der Waals surface area contributed by atoms with Crippen LogP contribution in [0.1, 0.15) is 19.4 Å². The van der Waals surface area contributed by atoms with Crippen LogP contribution in [0.4, 0.5) is 0 Å². The van der Waals surface area contributed by atoms with Gasteiger partial charge in [-0.25, -0.2) is 0 Å². The standard InChI is InChI=1S/C9H8.C2H6/c1-2-6-9-7-4-3-5-8-9;1-2/h3-8H,1H2;1-2H3. The van der Waals surface area contributed by atoms with E-state index in [1.807, 2.05) is 50.3 Å². The predicted molar refractivity (Wildman–Crippen MR) is 51.4 cm³/mol. The predicted octanol–water partition coefficient (Wildman–Crippen LogP) is 3.51. The molecule has 0 heterocycles. The summed E-state index contributed by atoms with van der Waals surface area (Å²) in [6, 6.07) is 9.99. The summed E-state index contributed by atoms with van der Waals surface area (Å²) in [7, 11) is 0. The first kappa shape index (κ1) is 9.74. The Balaban J connectivity index is 0.000000461. The van der Waals surface area contributed by atoms with Crippen molar-refractivity contribution in [2.75, 3.05) is 0 Å². The molecule has 0 saturated heterocycles. The molecular weight excluding hydrogens is 132 g/mol. The Labute approximate surface area is 68.9 Å². The van der Waals surface area contributed by atoms with Crippen molar-refractivity contribution in [1.82, 2.24) is 0 Å². The molecule has 1 rings (SSSR count). The highest BCUT2D eigenvalue weighted by Gasteiger charge is 1.77. The lowest BCUT2D eigenvalue weighted by molar-refractivity contribution is 1.50. The zero-order valence-corrected chi connectivity index (χ0v) is 7.17. The summed E-state index contributed by atoms with van der Waals surface area (Å²) < 4.78 is 0. The number of hydrogen-bond donors (Lipinski definition) is 0. The Bertz CT molecular complexity index is 215. The molecule has 0 spiro atoms. The molecule has 0 aliphatic heterocycles. The second-order valence-electron chi connectivity index (χ2n) is 1.76. The molecule has 11 heavy (non-hydrogen) atoms. The quantitative estimate of drug-likeness (QED) is 0.532. The van der Waals surface area contributed by atoms with Gasteiger partial charge in [0.25, 0.3) is 0 Å². The van der Waals surface area contributed by atoms with Gasteiger partial charge in [0.05, 0.1) is 0 Å². The summed E-state index contributed by atoms with van der Waals surface area (Å²) in [5, 5.41) is 0. The molecule has 0 aliphatic carbocycles. The molecule has 0 amide bonds. The fourth-order valence-electron chi connectivity index (χ4n) is 0.667. The summed E-state index contributed by atoms with van der Waals surface area (Å²) in [4.78, 5) is 0. The highest BCUT2D eigenvalue weighted by molar-refractivity contribution is 5.47. The molecule has 0 bridgehead atoms. The van der Waals surface area contributed by atoms with Gasteiger partial charge < -0.3 is 0 Å². The first-order valence-electron chi connectivity index (χ1n) is 3.84. The fourth-order valence-corrected chi connectivity index (χ4v) is 0.667. The summed E-state index contributed by atoms with van der Waals surface area (Å²) in [6.07, 6.45) is 1.85. The summed E-state index contributed by atoms with van der Waals surface area (Å²) >= 11 is 0. The van der Waals surface area contributed by atoms with E-state index in [1.54, 1.807) is 0 Å². The summed E-state index contributed by atoms with van der Waals surface area (Å²) in [6.45, 7) is 7.48. The van der Waals surface area contributed by atoms with E-state index < -0.39 is 0 Å². The first-order chi connectivity index (χ1) is 5.43. The van der Waals surface area contributed by atoms with Gasteiger partial charge in [-0.2, -0.15) is 0 Å². The van der Waals surface area contributed by atoms with Gasteiger partial charge in [0.1, 0.15) is 0 Å². The molecule has 0 atom stereocenters. The molecule has 0 heteroatoms. The van der Waals surface area contributed by atoms with Crippen LogP contribution in [0.25, 0.3) is 6.08 Å². The van der Waals surface area contributed by atoms with Crippen molar-refractivity contribution >= 4 is 6.08 Å². The number of hydrogen-bond acceptors (Lipinski definition) is 0. The van der Waals surface area contributed by atoms with Gasteiger partial charge in [0, 0.05) is 0 Å². The van der Waals surface area contributed by atoms with Crippen molar-refractivity contribution in [3.8, 4) is 0 Å². The van der Waals surface area contributed by atoms with Gasteiger partial charge >= 0.3 is 0 Å². The van der Waals surface area contributed by atoms with Crippen LogP contribution in [-0.2, 0) is 0 Å². The smallest absolute Gasteiger partial charge is 0.0133 e. The van der Waals surface area contributed by atoms with Gasteiger partial charge in [-0.3, -0.25) is 0 Å². The summed E-state index contributed by atoms with van der Waals surface area (Å²) in [5.74, 6) is 0. The molecule has 0 aromatic heterocycles. The van der Waals surface area contributed by atoms with Crippen LogP contribution < -0.4 is 0 Å². The Hall–Kier alpha value is -1.26. The fraction of sp³-hybridized carbons (Fsp3) is 0.182. The van der Waals surface area contributed by atoms with Crippen LogP contribution in [0, 0.1) is 0 Å². The van der Waals surface area contributed by atoms with Crippen molar-refractivity contribution in [2.24, 2.45) is 0 Å². The van der Waals surface area contributed by atoms with Gasteiger partial charge in [-0.15, -0.1) is 5.73 Å². The van der Waals surface area contributed by atoms with Gasteiger partial charge in [0.2, 0.25) is 0 Å². The average molecular weight is 146 g/mol. The molecule has 0 N–H and O–H groups in total. The summed E-state index contributed by atoms with van der Waals surface area (Å²) in [5.41, 5.74) is 3.85. The molecule has 1 aromatic rings. The maximum Gasteiger partial charge on any atom is -0.0133 e. The molecule has 0 aliphatic rings. The van der Waals surface area contributed by atoms with Gasteiger partial charge in [-0.1, -0.05) is 50.8 Å². The second kappa shape index (κ2) is 6.85. The Kier molecular flexibility index (Phi) is 6.07. The maximum absolute atomic E-state index is 3.48. The molecule has 58 valence electrons. The molecule has 0 saturated carbocycles. The van der Waals surface area contributed by atoms with Crippen LogP contribution in [0.5, 0.6) is 0 Å². The molecule has 1 aromatic carbocycles. The lowest BCUT2D eigenvalue weighted by Crippen LogP contribution is -1.64. The van der Waals surface area contributed by atoms with Crippen LogP contribution in [-0.4, -0.2) is 0 Å². The molecular formula is C11H14. The first-order valence-corrected chi connectivity index (χ1v) is 3.84. The SMILES string of the molecule is C=C=Cc1ccccc1.CC. The topological polar surface area (TPSA) is 0 Å². The minimum atomic E-state index is 1.15. The Morgan fingerprint density at radius 1 is 1.18 bits per heavy atom. The van der Waals surface area contributed by atoms with Crippen molar-refractivity contribution in [3.63, 3.8) is 0 Å². The van der Waals surface area contributed by atoms with E-state index >= 15 is 0 Å². The molecule has 0 radical (unpaired) electrons. The van der Waals surface area contributed by atoms with Crippen molar-refractivity contribution in [2.45, 2.75) is 13.8 Å². The minimum absolute atomic E-state index is 1.15. The van der Waals surface area contributed by atoms with E-state index in [0.717, 1.165) is 5.56 Å². The third kappa shape index (κ3) is 4.19. The van der Waals surface area contributed by atoms with E-state index in [4.69, 9.17) is 0 Å². The second-order valence-corrected chi connectivity index (χ2v) is 1.76. The van der Waals surface area contributed by atoms with Crippen molar-refractivity contribution in [1.29, 1.82) is 0 Å². The number of rotatable bonds is 1. The van der Waals surface area contributed by atoms with E-state index in [0.29, 0.717) is 0 Å². The zero-order chi connectivity index (χ0) is 8.53. The van der Waals surface area contributed by atoms with E-state index in [1.165, 1.54) is 0 Å². The van der Waals surface area contributed by atoms with E-state index in [-0.39, 0.29) is 0 Å². The van der Waals surface area contributed by atoms with Crippen LogP contribution in [0.3, 0.4) is 0 Å². The van der Waals surface area contributed by atoms with Crippen LogP contribution in [0.2, 0.25) is 0 Å². The molecule has 0 nitrogen and oxygen atoms in total. The van der Waals surface area contributed by atoms with Crippen LogP contribution >= 0.6 is 0 Å². The number of benzene rings is 1. The zero-order valence-electron chi connectivity index (χ0n) is 7.17. The highest BCUT2D eigenvalue weighted by atomic mass is 13.8. The molecule has 0 fully saturated rings. The molecule has 0 unspecified atom stereocenters. The largest absolute Gasteiger partial charge is 0.128 e. The average Bonchev–Trinajstić information content (AvgIpc) is 2.11. The van der Waals surface area contributed by atoms with E-state index in [2.05, 4.69) is 12.3 Å². The van der Waals surface area contributed by atoms with Gasteiger partial charge in [0.15, 0.2) is 0 Å². The van der Waals surface area contributed by atoms with Crippen molar-refractivity contribution in [3.05, 3.63) is 48.2 Å². The van der Waals surface area contributed by atoms with E-state index in [9.17, 15) is 0 Å². The van der Waals surface area contributed by atoms with Gasteiger partial charge in [-0.05, 0) is 11.6 Å². The van der Waals surface area contributed by atoms with Crippen molar-refractivity contribution < 1.29 is 0 Å². The Morgan fingerprint density at radius 3 is 2.18 bits per heavy atom. The third-order valence-electron chi connectivity index (χ3n) is 1.07.